The summed E-state index contributed by atoms with van der Waals surface area (Å²) in [6, 6.07) is 14.6. The Morgan fingerprint density at radius 1 is 0.913 bits per heavy atom. The topological polar surface area (TPSA) is 48.0 Å². The Hall–Kier alpha value is -1.81. The van der Waals surface area contributed by atoms with E-state index in [2.05, 4.69) is 34.6 Å². The zero-order valence-corrected chi connectivity index (χ0v) is 13.7. The van der Waals surface area contributed by atoms with Crippen molar-refractivity contribution < 1.29 is 5.11 Å². The van der Waals surface area contributed by atoms with Crippen LogP contribution in [0.25, 0.3) is 22.0 Å². The molecule has 3 N–H and O–H groups in total. The molecule has 2 aromatic carbocycles. The van der Waals surface area contributed by atoms with Crippen LogP contribution in [0.5, 0.6) is 0 Å². The summed E-state index contributed by atoms with van der Waals surface area (Å²) in [6.07, 6.45) is 2.10. The van der Waals surface area contributed by atoms with E-state index in [1.807, 2.05) is 18.2 Å². The molecule has 1 aliphatic heterocycles. The molecule has 1 aromatic heterocycles. The summed E-state index contributed by atoms with van der Waals surface area (Å²) in [5.41, 5.74) is 7.34. The molecule has 4 rings (SSSR count). The molecule has 0 fully saturated rings. The average molecular weight is 329 g/mol. The third kappa shape index (κ3) is 2.76. The fourth-order valence-electron chi connectivity index (χ4n) is 3.56. The van der Waals surface area contributed by atoms with Crippen LogP contribution in [0.4, 0.5) is 0 Å². The van der Waals surface area contributed by atoms with Gasteiger partial charge in [0.2, 0.25) is 0 Å². The number of rotatable bonds is 2. The second-order valence-corrected chi connectivity index (χ2v) is 5.88. The summed E-state index contributed by atoms with van der Waals surface area (Å²) >= 11 is 0. The molecule has 1 aliphatic rings. The van der Waals surface area contributed by atoms with E-state index in [1.54, 1.807) is 0 Å². The Kier molecular flexibility index (Phi) is 4.71. The number of halogens is 1. The second kappa shape index (κ2) is 6.75. The molecule has 2 heterocycles. The number of benzene rings is 2. The highest BCUT2D eigenvalue weighted by molar-refractivity contribution is 5.99. The van der Waals surface area contributed by atoms with E-state index in [-0.39, 0.29) is 19.0 Å². The second-order valence-electron chi connectivity index (χ2n) is 5.88. The van der Waals surface area contributed by atoms with Crippen LogP contribution in [0.2, 0.25) is 0 Å². The predicted molar refractivity (Wildman–Crippen MR) is 97.2 cm³/mol. The third-order valence-corrected chi connectivity index (χ3v) is 4.60. The Morgan fingerprint density at radius 2 is 1.70 bits per heavy atom. The molecule has 0 amide bonds. The number of hydrogen-bond donors (Lipinski definition) is 3. The quantitative estimate of drug-likeness (QED) is 0.675. The third-order valence-electron chi connectivity index (χ3n) is 4.60. The zero-order valence-electron chi connectivity index (χ0n) is 12.9. The Morgan fingerprint density at radius 3 is 2.57 bits per heavy atom. The van der Waals surface area contributed by atoms with Crippen LogP contribution < -0.4 is 5.32 Å². The van der Waals surface area contributed by atoms with Crippen LogP contribution in [0, 0.1) is 0 Å². The fourth-order valence-corrected chi connectivity index (χ4v) is 3.56. The van der Waals surface area contributed by atoms with Gasteiger partial charge in [0.25, 0.3) is 0 Å². The molecule has 0 saturated heterocycles. The van der Waals surface area contributed by atoms with Crippen molar-refractivity contribution in [2.75, 3.05) is 13.1 Å². The van der Waals surface area contributed by atoms with Gasteiger partial charge < -0.3 is 15.4 Å². The first-order valence-electron chi connectivity index (χ1n) is 7.91. The summed E-state index contributed by atoms with van der Waals surface area (Å²) in [7, 11) is 0. The van der Waals surface area contributed by atoms with Crippen molar-refractivity contribution in [1.82, 2.24) is 10.3 Å². The maximum atomic E-state index is 9.67. The normalized spacial score (nSPS) is 14.1. The van der Waals surface area contributed by atoms with Crippen molar-refractivity contribution in [2.24, 2.45) is 0 Å². The van der Waals surface area contributed by atoms with Gasteiger partial charge >= 0.3 is 0 Å². The summed E-state index contributed by atoms with van der Waals surface area (Å²) in [5.74, 6) is 0. The highest BCUT2D eigenvalue weighted by Crippen LogP contribution is 2.35. The van der Waals surface area contributed by atoms with E-state index in [0.717, 1.165) is 37.1 Å². The van der Waals surface area contributed by atoms with Gasteiger partial charge in [-0.2, -0.15) is 0 Å². The molecule has 120 valence electrons. The molecular weight excluding hydrogens is 308 g/mol. The molecule has 0 atom stereocenters. The van der Waals surface area contributed by atoms with Crippen molar-refractivity contribution in [3.05, 3.63) is 59.3 Å². The van der Waals surface area contributed by atoms with Crippen LogP contribution in [-0.4, -0.2) is 23.2 Å². The highest BCUT2D eigenvalue weighted by atomic mass is 35.5. The summed E-state index contributed by atoms with van der Waals surface area (Å²) in [5, 5.41) is 14.5. The average Bonchev–Trinajstić information content (AvgIpc) is 2.76. The minimum absolute atomic E-state index is 0. The number of aliphatic hydroxyl groups excluding tert-OH is 1. The largest absolute Gasteiger partial charge is 0.392 e. The maximum absolute atomic E-state index is 9.67. The molecule has 0 bridgehead atoms. The highest BCUT2D eigenvalue weighted by Gasteiger charge is 2.18. The van der Waals surface area contributed by atoms with Crippen LogP contribution in [0.15, 0.2) is 42.5 Å². The van der Waals surface area contributed by atoms with Crippen molar-refractivity contribution in [2.45, 2.75) is 19.4 Å². The SMILES string of the molecule is Cl.OCc1ccccc1-c1cccc2[nH]c3c(c12)CCNCC3. The summed E-state index contributed by atoms with van der Waals surface area (Å²) < 4.78 is 0. The lowest BCUT2D eigenvalue weighted by Crippen LogP contribution is -2.16. The van der Waals surface area contributed by atoms with E-state index >= 15 is 0 Å². The van der Waals surface area contributed by atoms with Gasteiger partial charge in [0.1, 0.15) is 0 Å². The van der Waals surface area contributed by atoms with Gasteiger partial charge in [-0.1, -0.05) is 36.4 Å². The number of fused-ring (bicyclic) bond motifs is 3. The van der Waals surface area contributed by atoms with Crippen LogP contribution >= 0.6 is 12.4 Å². The molecule has 0 unspecified atom stereocenters. The molecular formula is C19H21ClN2O. The van der Waals surface area contributed by atoms with Gasteiger partial charge in [0.15, 0.2) is 0 Å². The van der Waals surface area contributed by atoms with Crippen molar-refractivity contribution in [1.29, 1.82) is 0 Å². The van der Waals surface area contributed by atoms with Gasteiger partial charge in [0, 0.05) is 29.6 Å². The lowest BCUT2D eigenvalue weighted by atomic mass is 9.94. The fraction of sp³-hybridized carbons (Fsp3) is 0.263. The van der Waals surface area contributed by atoms with Crippen molar-refractivity contribution >= 4 is 23.3 Å². The summed E-state index contributed by atoms with van der Waals surface area (Å²) in [4.78, 5) is 3.60. The first-order chi connectivity index (χ1) is 10.9. The van der Waals surface area contributed by atoms with Gasteiger partial charge in [-0.3, -0.25) is 0 Å². The zero-order chi connectivity index (χ0) is 14.9. The van der Waals surface area contributed by atoms with E-state index in [1.165, 1.54) is 27.7 Å². The Balaban J connectivity index is 0.00000156. The lowest BCUT2D eigenvalue weighted by molar-refractivity contribution is 0.282. The molecule has 23 heavy (non-hydrogen) atoms. The van der Waals surface area contributed by atoms with Crippen molar-refractivity contribution in [3.63, 3.8) is 0 Å². The standard InChI is InChI=1S/C19H20N2O.ClH/c22-12-13-4-1-2-5-14(13)15-6-3-7-18-19(15)16-8-10-20-11-9-17(16)21-18;/h1-7,20-22H,8-12H2;1H. The van der Waals surface area contributed by atoms with Gasteiger partial charge in [-0.25, -0.2) is 0 Å². The lowest BCUT2D eigenvalue weighted by Gasteiger charge is -2.10. The number of hydrogen-bond acceptors (Lipinski definition) is 2. The van der Waals surface area contributed by atoms with Crippen LogP contribution in [0.1, 0.15) is 16.8 Å². The Bertz CT molecular complexity index is 825. The molecule has 0 spiro atoms. The van der Waals surface area contributed by atoms with E-state index in [9.17, 15) is 5.11 Å². The Labute approximate surface area is 142 Å². The predicted octanol–water partition coefficient (Wildman–Crippen LogP) is 3.44. The number of nitrogens with one attached hydrogen (secondary N) is 2. The maximum Gasteiger partial charge on any atom is 0.0687 e. The summed E-state index contributed by atoms with van der Waals surface area (Å²) in [6.45, 7) is 2.12. The van der Waals surface area contributed by atoms with Gasteiger partial charge in [-0.05, 0) is 41.3 Å². The van der Waals surface area contributed by atoms with Crippen LogP contribution in [-0.2, 0) is 19.4 Å². The first-order valence-corrected chi connectivity index (χ1v) is 7.91. The van der Waals surface area contributed by atoms with Crippen LogP contribution in [0.3, 0.4) is 0 Å². The number of aromatic amines is 1. The molecule has 3 nitrogen and oxygen atoms in total. The smallest absolute Gasteiger partial charge is 0.0687 e. The minimum atomic E-state index is 0. The molecule has 0 saturated carbocycles. The molecule has 0 radical (unpaired) electrons. The number of H-pyrrole nitrogens is 1. The first kappa shape index (κ1) is 16.1. The monoisotopic (exact) mass is 328 g/mol. The molecule has 3 aromatic rings. The molecule has 0 aliphatic carbocycles. The van der Waals surface area contributed by atoms with E-state index < -0.39 is 0 Å². The minimum Gasteiger partial charge on any atom is -0.392 e. The number of aromatic nitrogens is 1. The van der Waals surface area contributed by atoms with E-state index in [0.29, 0.717) is 0 Å². The van der Waals surface area contributed by atoms with Gasteiger partial charge in [0.05, 0.1) is 6.61 Å². The van der Waals surface area contributed by atoms with Gasteiger partial charge in [-0.15, -0.1) is 12.4 Å². The molecule has 4 heteroatoms. The number of aliphatic hydroxyl groups is 1. The van der Waals surface area contributed by atoms with Crippen molar-refractivity contribution in [3.8, 4) is 11.1 Å². The van der Waals surface area contributed by atoms with E-state index in [4.69, 9.17) is 0 Å².